The maximum Gasteiger partial charge on any atom is 0.272 e. The topological polar surface area (TPSA) is 75.1 Å². The van der Waals surface area contributed by atoms with Crippen LogP contribution in [0.5, 0.6) is 0 Å². The van der Waals surface area contributed by atoms with Gasteiger partial charge in [0.05, 0.1) is 11.2 Å². The highest BCUT2D eigenvalue weighted by Crippen LogP contribution is 2.19. The van der Waals surface area contributed by atoms with E-state index in [0.29, 0.717) is 31.9 Å². The molecule has 1 saturated heterocycles. The zero-order chi connectivity index (χ0) is 20.3. The van der Waals surface area contributed by atoms with Crippen LogP contribution in [-0.4, -0.2) is 57.2 Å². The molecule has 5 rings (SSSR count). The number of hydrogen-bond donors (Lipinski definition) is 0. The van der Waals surface area contributed by atoms with Crippen LogP contribution in [0.3, 0.4) is 0 Å². The number of amides is 1. The third kappa shape index (κ3) is 3.57. The van der Waals surface area contributed by atoms with Gasteiger partial charge in [0.25, 0.3) is 5.91 Å². The van der Waals surface area contributed by atoms with Gasteiger partial charge in [-0.15, -0.1) is 10.2 Å². The maximum atomic E-state index is 12.9. The summed E-state index contributed by atoms with van der Waals surface area (Å²) in [6.07, 6.45) is 3.51. The number of nitrogens with zero attached hydrogens (tertiary/aromatic N) is 6. The van der Waals surface area contributed by atoms with Crippen LogP contribution >= 0.6 is 0 Å². The number of anilines is 1. The van der Waals surface area contributed by atoms with Crippen molar-refractivity contribution in [2.24, 2.45) is 0 Å². The highest BCUT2D eigenvalue weighted by atomic mass is 16.2. The van der Waals surface area contributed by atoms with Crippen molar-refractivity contribution < 1.29 is 4.79 Å². The largest absolute Gasteiger partial charge is 0.352 e. The monoisotopic (exact) mass is 396 g/mol. The third-order valence-electron chi connectivity index (χ3n) is 5.32. The first-order valence-electron chi connectivity index (χ1n) is 9.92. The molecular weight excluding hydrogens is 376 g/mol. The molecule has 7 heteroatoms. The molecular formula is C23H20N6O. The molecule has 0 saturated carbocycles. The van der Waals surface area contributed by atoms with Gasteiger partial charge in [0.1, 0.15) is 5.69 Å². The summed E-state index contributed by atoms with van der Waals surface area (Å²) in [5, 5.41) is 9.74. The molecule has 0 aliphatic carbocycles. The summed E-state index contributed by atoms with van der Waals surface area (Å²) in [6.45, 7) is 2.67. The van der Waals surface area contributed by atoms with E-state index in [-0.39, 0.29) is 5.91 Å². The second kappa shape index (κ2) is 7.87. The zero-order valence-electron chi connectivity index (χ0n) is 16.3. The Bertz CT molecular complexity index is 1170. The standard InChI is InChI=1S/C23H20N6O/c30-23(21-8-7-17-4-1-2-6-19(17)25-21)29-14-12-28(13-15-29)22-10-9-20(26-27-22)18-5-3-11-24-16-18/h1-11,16H,12-15H2. The fourth-order valence-electron chi connectivity index (χ4n) is 3.65. The fourth-order valence-corrected chi connectivity index (χ4v) is 3.65. The van der Waals surface area contributed by atoms with Gasteiger partial charge >= 0.3 is 0 Å². The minimum absolute atomic E-state index is 0.0292. The molecule has 0 spiro atoms. The summed E-state index contributed by atoms with van der Waals surface area (Å²) in [5.41, 5.74) is 3.06. The van der Waals surface area contributed by atoms with Gasteiger partial charge in [0, 0.05) is 49.5 Å². The van der Waals surface area contributed by atoms with E-state index >= 15 is 0 Å². The van der Waals surface area contributed by atoms with Gasteiger partial charge in [-0.25, -0.2) is 4.98 Å². The third-order valence-corrected chi connectivity index (χ3v) is 5.32. The van der Waals surface area contributed by atoms with Crippen LogP contribution in [-0.2, 0) is 0 Å². The minimum Gasteiger partial charge on any atom is -0.352 e. The number of para-hydroxylation sites is 1. The molecule has 0 unspecified atom stereocenters. The number of hydrogen-bond acceptors (Lipinski definition) is 6. The number of carbonyl (C=O) groups is 1. The van der Waals surface area contributed by atoms with Crippen molar-refractivity contribution in [2.75, 3.05) is 31.1 Å². The molecule has 1 amide bonds. The van der Waals surface area contributed by atoms with Gasteiger partial charge in [-0.1, -0.05) is 24.3 Å². The normalized spacial score (nSPS) is 14.1. The first-order valence-corrected chi connectivity index (χ1v) is 9.92. The van der Waals surface area contributed by atoms with E-state index in [4.69, 9.17) is 0 Å². The summed E-state index contributed by atoms with van der Waals surface area (Å²) in [5.74, 6) is 0.789. The van der Waals surface area contributed by atoms with Gasteiger partial charge in [0.15, 0.2) is 5.82 Å². The van der Waals surface area contributed by atoms with Crippen molar-refractivity contribution in [1.82, 2.24) is 25.1 Å². The Kier molecular flexibility index (Phi) is 4.77. The highest BCUT2D eigenvalue weighted by molar-refractivity contribution is 5.95. The molecule has 0 atom stereocenters. The van der Waals surface area contributed by atoms with Crippen LogP contribution < -0.4 is 4.90 Å². The minimum atomic E-state index is -0.0292. The van der Waals surface area contributed by atoms with E-state index in [9.17, 15) is 4.79 Å². The molecule has 30 heavy (non-hydrogen) atoms. The lowest BCUT2D eigenvalue weighted by Crippen LogP contribution is -2.49. The Morgan fingerprint density at radius 1 is 0.833 bits per heavy atom. The smallest absolute Gasteiger partial charge is 0.272 e. The maximum absolute atomic E-state index is 12.9. The van der Waals surface area contributed by atoms with Crippen molar-refractivity contribution in [3.63, 3.8) is 0 Å². The molecule has 3 aromatic heterocycles. The Morgan fingerprint density at radius 3 is 2.47 bits per heavy atom. The van der Waals surface area contributed by atoms with Crippen molar-refractivity contribution in [3.8, 4) is 11.3 Å². The summed E-state index contributed by atoms with van der Waals surface area (Å²) < 4.78 is 0. The SMILES string of the molecule is O=C(c1ccc2ccccc2n1)N1CCN(c2ccc(-c3cccnc3)nn2)CC1. The Morgan fingerprint density at radius 2 is 1.70 bits per heavy atom. The van der Waals surface area contributed by atoms with Crippen molar-refractivity contribution >= 4 is 22.6 Å². The van der Waals surface area contributed by atoms with Crippen LogP contribution in [0.4, 0.5) is 5.82 Å². The Labute approximate surface area is 174 Å². The van der Waals surface area contributed by atoms with Gasteiger partial charge in [-0.3, -0.25) is 9.78 Å². The Balaban J connectivity index is 1.25. The van der Waals surface area contributed by atoms with Gasteiger partial charge in [-0.2, -0.15) is 0 Å². The van der Waals surface area contributed by atoms with Crippen LogP contribution in [0.1, 0.15) is 10.5 Å². The van der Waals surface area contributed by atoms with Gasteiger partial charge in [0.2, 0.25) is 0 Å². The number of fused-ring (bicyclic) bond motifs is 1. The van der Waals surface area contributed by atoms with E-state index in [1.165, 1.54) is 0 Å². The number of carbonyl (C=O) groups excluding carboxylic acids is 1. The van der Waals surface area contributed by atoms with Crippen LogP contribution in [0.2, 0.25) is 0 Å². The molecule has 1 aliphatic heterocycles. The number of rotatable bonds is 3. The number of piperazine rings is 1. The average Bonchev–Trinajstić information content (AvgIpc) is 2.84. The van der Waals surface area contributed by atoms with Crippen LogP contribution in [0.15, 0.2) is 73.1 Å². The first-order chi connectivity index (χ1) is 14.8. The summed E-state index contributed by atoms with van der Waals surface area (Å²) in [6, 6.07) is 19.3. The molecule has 4 aromatic rings. The predicted molar refractivity (Wildman–Crippen MR) is 115 cm³/mol. The second-order valence-corrected chi connectivity index (χ2v) is 7.19. The summed E-state index contributed by atoms with van der Waals surface area (Å²) in [7, 11) is 0. The highest BCUT2D eigenvalue weighted by Gasteiger charge is 2.24. The number of aromatic nitrogens is 4. The molecule has 0 radical (unpaired) electrons. The molecule has 1 aliphatic rings. The number of benzene rings is 1. The van der Waals surface area contributed by atoms with E-state index < -0.39 is 0 Å². The average molecular weight is 396 g/mol. The van der Waals surface area contributed by atoms with Crippen LogP contribution in [0, 0.1) is 0 Å². The molecule has 7 nitrogen and oxygen atoms in total. The molecule has 0 N–H and O–H groups in total. The molecule has 0 bridgehead atoms. The van der Waals surface area contributed by atoms with E-state index in [2.05, 4.69) is 25.1 Å². The zero-order valence-corrected chi connectivity index (χ0v) is 16.3. The molecule has 148 valence electrons. The van der Waals surface area contributed by atoms with Gasteiger partial charge in [-0.05, 0) is 36.4 Å². The lowest BCUT2D eigenvalue weighted by atomic mass is 10.2. The van der Waals surface area contributed by atoms with Crippen molar-refractivity contribution in [3.05, 3.63) is 78.8 Å². The lowest BCUT2D eigenvalue weighted by Gasteiger charge is -2.35. The number of pyridine rings is 2. The molecule has 1 fully saturated rings. The summed E-state index contributed by atoms with van der Waals surface area (Å²) in [4.78, 5) is 25.6. The first kappa shape index (κ1) is 18.2. The predicted octanol–water partition coefficient (Wildman–Crippen LogP) is 3.05. The molecule has 4 heterocycles. The summed E-state index contributed by atoms with van der Waals surface area (Å²) >= 11 is 0. The van der Waals surface area contributed by atoms with E-state index in [0.717, 1.165) is 28.0 Å². The van der Waals surface area contributed by atoms with E-state index in [1.807, 2.05) is 59.5 Å². The van der Waals surface area contributed by atoms with Crippen molar-refractivity contribution in [1.29, 1.82) is 0 Å². The second-order valence-electron chi connectivity index (χ2n) is 7.19. The van der Waals surface area contributed by atoms with E-state index in [1.54, 1.807) is 18.5 Å². The van der Waals surface area contributed by atoms with Gasteiger partial charge < -0.3 is 9.80 Å². The quantitative estimate of drug-likeness (QED) is 0.530. The fraction of sp³-hybridized carbons (Fsp3) is 0.174. The van der Waals surface area contributed by atoms with Crippen LogP contribution in [0.25, 0.3) is 22.2 Å². The van der Waals surface area contributed by atoms with Crippen molar-refractivity contribution in [2.45, 2.75) is 0 Å². The molecule has 1 aromatic carbocycles. The lowest BCUT2D eigenvalue weighted by molar-refractivity contribution is 0.0741. The Hall–Kier alpha value is -3.87.